The molecule has 0 amide bonds. The van der Waals surface area contributed by atoms with E-state index in [-0.39, 0.29) is 11.9 Å². The van der Waals surface area contributed by atoms with Crippen LogP contribution in [0, 0.1) is 5.92 Å². The first-order chi connectivity index (χ1) is 8.96. The van der Waals surface area contributed by atoms with E-state index in [0.717, 1.165) is 0 Å². The van der Waals surface area contributed by atoms with E-state index in [4.69, 9.17) is 10.5 Å². The minimum absolute atomic E-state index is 0.0349. The Bertz CT molecular complexity index is 650. The summed E-state index contributed by atoms with van der Waals surface area (Å²) >= 11 is 0. The van der Waals surface area contributed by atoms with E-state index in [9.17, 15) is 8.42 Å². The summed E-state index contributed by atoms with van der Waals surface area (Å²) in [7, 11) is -3.74. The maximum atomic E-state index is 11.5. The number of ether oxygens (including phenoxy) is 1. The Kier molecular flexibility index (Phi) is 2.67. The van der Waals surface area contributed by atoms with Crippen molar-refractivity contribution < 1.29 is 13.2 Å². The van der Waals surface area contributed by atoms with Gasteiger partial charge in [0, 0.05) is 0 Å². The minimum Gasteiger partial charge on any atom is -0.490 e. The van der Waals surface area contributed by atoms with Gasteiger partial charge in [0.2, 0.25) is 0 Å². The number of benzene rings is 1. The fourth-order valence-electron chi connectivity index (χ4n) is 2.18. The molecule has 1 saturated carbocycles. The molecule has 3 rings (SSSR count). The smallest absolute Gasteiger partial charge is 0.344 e. The molecule has 1 fully saturated rings. The zero-order valence-electron chi connectivity index (χ0n) is 10.5. The lowest BCUT2D eigenvalue weighted by molar-refractivity contribution is 0.198. The molecule has 0 aromatic heterocycles. The third kappa shape index (κ3) is 2.37. The average Bonchev–Trinajstić information content (AvgIpc) is 3.10. The zero-order chi connectivity index (χ0) is 13.6. The molecule has 102 valence electrons. The Morgan fingerprint density at radius 2 is 2.21 bits per heavy atom. The summed E-state index contributed by atoms with van der Waals surface area (Å²) in [5, 5.41) is 0. The van der Waals surface area contributed by atoms with Gasteiger partial charge in [0.05, 0.1) is 17.4 Å². The molecule has 1 heterocycles. The molecule has 0 radical (unpaired) electrons. The zero-order valence-corrected chi connectivity index (χ0v) is 11.3. The van der Waals surface area contributed by atoms with Gasteiger partial charge in [0.1, 0.15) is 5.75 Å². The summed E-state index contributed by atoms with van der Waals surface area (Å²) in [5.74, 6) is 1.11. The molecule has 1 aromatic carbocycles. The van der Waals surface area contributed by atoms with E-state index >= 15 is 0 Å². The molecule has 1 aliphatic carbocycles. The van der Waals surface area contributed by atoms with Crippen molar-refractivity contribution in [2.45, 2.75) is 25.9 Å². The van der Waals surface area contributed by atoms with Gasteiger partial charge in [0.25, 0.3) is 0 Å². The molecule has 3 N–H and O–H groups in total. The lowest BCUT2D eigenvalue weighted by Crippen LogP contribution is -2.27. The van der Waals surface area contributed by atoms with Gasteiger partial charge in [-0.3, -0.25) is 4.72 Å². The third-order valence-electron chi connectivity index (χ3n) is 3.34. The fourth-order valence-corrected chi connectivity index (χ4v) is 3.02. The van der Waals surface area contributed by atoms with Crippen LogP contribution in [0.1, 0.15) is 25.3 Å². The van der Waals surface area contributed by atoms with Crippen LogP contribution in [-0.4, -0.2) is 20.4 Å². The summed E-state index contributed by atoms with van der Waals surface area (Å²) < 4.78 is 34.6. The van der Waals surface area contributed by atoms with E-state index in [1.165, 1.54) is 12.8 Å². The molecule has 1 unspecified atom stereocenters. The predicted molar refractivity (Wildman–Crippen MR) is 72.5 cm³/mol. The molecule has 0 bridgehead atoms. The first kappa shape index (κ1) is 12.3. The van der Waals surface area contributed by atoms with Crippen molar-refractivity contribution in [3.8, 4) is 5.75 Å². The second-order valence-corrected chi connectivity index (χ2v) is 6.23. The van der Waals surface area contributed by atoms with Crippen LogP contribution in [0.2, 0.25) is 0 Å². The maximum absolute atomic E-state index is 11.5. The number of anilines is 1. The SMILES string of the molecule is CC(Oc1cccc2c1C(N)=NS(=O)(=O)N2)C1CC1. The summed E-state index contributed by atoms with van der Waals surface area (Å²) in [6.45, 7) is 2.01. The number of nitrogens with zero attached hydrogens (tertiary/aromatic N) is 1. The minimum atomic E-state index is -3.74. The van der Waals surface area contributed by atoms with Gasteiger partial charge in [0.15, 0.2) is 5.84 Å². The van der Waals surface area contributed by atoms with Gasteiger partial charge < -0.3 is 10.5 Å². The van der Waals surface area contributed by atoms with Crippen LogP contribution in [0.15, 0.2) is 22.6 Å². The fraction of sp³-hybridized carbons (Fsp3) is 0.417. The molecule has 1 aliphatic heterocycles. The standard InChI is InChI=1S/C12H15N3O3S/c1-7(8-5-6-8)18-10-4-2-3-9-11(10)12(13)15-19(16,17)14-9/h2-4,7-8,14H,5-6H2,1H3,(H2,13,15). The van der Waals surface area contributed by atoms with Crippen LogP contribution in [0.5, 0.6) is 5.75 Å². The van der Waals surface area contributed by atoms with Crippen LogP contribution in [0.25, 0.3) is 0 Å². The van der Waals surface area contributed by atoms with Crippen LogP contribution in [-0.2, 0) is 10.2 Å². The number of fused-ring (bicyclic) bond motifs is 1. The Hall–Kier alpha value is -1.76. The molecule has 1 aromatic rings. The van der Waals surface area contributed by atoms with Crippen molar-refractivity contribution in [1.29, 1.82) is 0 Å². The first-order valence-electron chi connectivity index (χ1n) is 6.14. The first-order valence-corrected chi connectivity index (χ1v) is 7.58. The summed E-state index contributed by atoms with van der Waals surface area (Å²) in [5.41, 5.74) is 6.67. The second-order valence-electron chi connectivity index (χ2n) is 4.89. The Morgan fingerprint density at radius 3 is 2.89 bits per heavy atom. The highest BCUT2D eigenvalue weighted by Crippen LogP contribution is 2.37. The number of amidine groups is 1. The van der Waals surface area contributed by atoms with Crippen LogP contribution < -0.4 is 15.2 Å². The molecular formula is C12H15N3O3S. The van der Waals surface area contributed by atoms with Crippen molar-refractivity contribution in [2.24, 2.45) is 16.0 Å². The summed E-state index contributed by atoms with van der Waals surface area (Å²) in [4.78, 5) is 0. The monoisotopic (exact) mass is 281 g/mol. The molecule has 19 heavy (non-hydrogen) atoms. The largest absolute Gasteiger partial charge is 0.490 e. The number of hydrogen-bond acceptors (Lipinski definition) is 4. The normalized spacial score (nSPS) is 21.8. The summed E-state index contributed by atoms with van der Waals surface area (Å²) in [6.07, 6.45) is 2.44. The highest BCUT2D eigenvalue weighted by molar-refractivity contribution is 7.91. The Labute approximate surface area is 111 Å². The highest BCUT2D eigenvalue weighted by atomic mass is 32.2. The number of rotatable bonds is 3. The Morgan fingerprint density at radius 1 is 1.47 bits per heavy atom. The molecule has 0 spiro atoms. The second kappa shape index (κ2) is 4.12. The van der Waals surface area contributed by atoms with Crippen LogP contribution in [0.3, 0.4) is 0 Å². The number of nitrogens with two attached hydrogens (primary N) is 1. The van der Waals surface area contributed by atoms with Crippen molar-refractivity contribution >= 4 is 21.7 Å². The molecule has 1 atom stereocenters. The van der Waals surface area contributed by atoms with E-state index in [1.54, 1.807) is 18.2 Å². The summed E-state index contributed by atoms with van der Waals surface area (Å²) in [6, 6.07) is 5.15. The van der Waals surface area contributed by atoms with Crippen molar-refractivity contribution in [2.75, 3.05) is 4.72 Å². The predicted octanol–water partition coefficient (Wildman–Crippen LogP) is 1.24. The lowest BCUT2D eigenvalue weighted by atomic mass is 10.1. The highest BCUT2D eigenvalue weighted by Gasteiger charge is 2.31. The van der Waals surface area contributed by atoms with Gasteiger partial charge in [-0.15, -0.1) is 4.40 Å². The average molecular weight is 281 g/mol. The van der Waals surface area contributed by atoms with Gasteiger partial charge >= 0.3 is 10.2 Å². The molecule has 7 heteroatoms. The van der Waals surface area contributed by atoms with Gasteiger partial charge in [-0.2, -0.15) is 8.42 Å². The lowest BCUT2D eigenvalue weighted by Gasteiger charge is -2.21. The van der Waals surface area contributed by atoms with Gasteiger partial charge in [-0.05, 0) is 37.8 Å². The van der Waals surface area contributed by atoms with Crippen LogP contribution in [0.4, 0.5) is 5.69 Å². The molecule has 2 aliphatic rings. The maximum Gasteiger partial charge on any atom is 0.344 e. The number of hydrogen-bond donors (Lipinski definition) is 2. The van der Waals surface area contributed by atoms with E-state index in [1.807, 2.05) is 6.92 Å². The number of nitrogens with one attached hydrogen (secondary N) is 1. The van der Waals surface area contributed by atoms with E-state index in [2.05, 4.69) is 9.12 Å². The van der Waals surface area contributed by atoms with Crippen molar-refractivity contribution in [3.05, 3.63) is 23.8 Å². The van der Waals surface area contributed by atoms with E-state index < -0.39 is 10.2 Å². The van der Waals surface area contributed by atoms with Gasteiger partial charge in [-0.25, -0.2) is 0 Å². The van der Waals surface area contributed by atoms with Crippen LogP contribution >= 0.6 is 0 Å². The van der Waals surface area contributed by atoms with Gasteiger partial charge in [-0.1, -0.05) is 6.07 Å². The third-order valence-corrected chi connectivity index (χ3v) is 4.25. The molecule has 6 nitrogen and oxygen atoms in total. The van der Waals surface area contributed by atoms with Crippen molar-refractivity contribution in [1.82, 2.24) is 0 Å². The molecule has 0 saturated heterocycles. The Balaban J connectivity index is 1.99. The quantitative estimate of drug-likeness (QED) is 0.871. The van der Waals surface area contributed by atoms with E-state index in [0.29, 0.717) is 22.9 Å². The van der Waals surface area contributed by atoms with Crippen molar-refractivity contribution in [3.63, 3.8) is 0 Å². The topological polar surface area (TPSA) is 93.8 Å². The molecular weight excluding hydrogens is 266 g/mol.